The molecule has 0 saturated carbocycles. The molecule has 0 aromatic heterocycles. The van der Waals surface area contributed by atoms with Gasteiger partial charge in [-0.1, -0.05) is 24.3 Å². The molecule has 1 aromatic rings. The monoisotopic (exact) mass is 234 g/mol. The summed E-state index contributed by atoms with van der Waals surface area (Å²) >= 11 is 0. The lowest BCUT2D eigenvalue weighted by atomic mass is 9.94. The van der Waals surface area contributed by atoms with Crippen molar-refractivity contribution >= 4 is 0 Å². The van der Waals surface area contributed by atoms with E-state index in [1.165, 1.54) is 11.1 Å². The van der Waals surface area contributed by atoms with Crippen molar-refractivity contribution in [3.05, 3.63) is 35.4 Å². The number of ether oxygens (including phenoxy) is 1. The fraction of sp³-hybridized carbons (Fsp3) is 0.571. The van der Waals surface area contributed by atoms with Crippen LogP contribution in [0.5, 0.6) is 0 Å². The highest BCUT2D eigenvalue weighted by atomic mass is 16.5. The van der Waals surface area contributed by atoms with E-state index < -0.39 is 0 Å². The first kappa shape index (κ1) is 12.6. The largest absolute Gasteiger partial charge is 0.380 e. The van der Waals surface area contributed by atoms with Crippen molar-refractivity contribution in [3.8, 4) is 0 Å². The van der Waals surface area contributed by atoms with Crippen LogP contribution < -0.4 is 5.73 Å². The van der Waals surface area contributed by atoms with E-state index in [1.54, 1.807) is 7.11 Å². The zero-order valence-electron chi connectivity index (χ0n) is 10.7. The van der Waals surface area contributed by atoms with E-state index >= 15 is 0 Å². The molecule has 1 aliphatic rings. The van der Waals surface area contributed by atoms with Crippen LogP contribution in [0.1, 0.15) is 18.1 Å². The third-order valence-corrected chi connectivity index (χ3v) is 3.63. The van der Waals surface area contributed by atoms with Crippen LogP contribution in [0.3, 0.4) is 0 Å². The summed E-state index contributed by atoms with van der Waals surface area (Å²) in [6, 6.07) is 9.10. The van der Waals surface area contributed by atoms with Crippen molar-refractivity contribution in [1.29, 1.82) is 0 Å². The van der Waals surface area contributed by atoms with Gasteiger partial charge in [0.15, 0.2) is 0 Å². The molecule has 1 heterocycles. The molecule has 17 heavy (non-hydrogen) atoms. The lowest BCUT2D eigenvalue weighted by Gasteiger charge is -2.37. The first-order chi connectivity index (χ1) is 8.24. The number of nitrogens with two attached hydrogens (primary N) is 1. The normalized spacial score (nSPS) is 22.2. The number of methoxy groups -OCH3 is 1. The van der Waals surface area contributed by atoms with Crippen molar-refractivity contribution in [2.75, 3.05) is 20.2 Å². The van der Waals surface area contributed by atoms with Crippen LogP contribution >= 0.6 is 0 Å². The minimum atomic E-state index is 0.259. The molecule has 0 saturated heterocycles. The van der Waals surface area contributed by atoms with Crippen molar-refractivity contribution in [3.63, 3.8) is 0 Å². The summed E-state index contributed by atoms with van der Waals surface area (Å²) in [5.41, 5.74) is 8.76. The first-order valence-electron chi connectivity index (χ1n) is 6.28. The summed E-state index contributed by atoms with van der Waals surface area (Å²) < 4.78 is 5.35. The highest BCUT2D eigenvalue weighted by Crippen LogP contribution is 2.23. The fourth-order valence-corrected chi connectivity index (χ4v) is 2.49. The SMILES string of the molecule is COC(C)CN1Cc2ccccc2CC1CN. The average Bonchev–Trinajstić information content (AvgIpc) is 2.37. The predicted molar refractivity (Wildman–Crippen MR) is 69.9 cm³/mol. The number of hydrogen-bond acceptors (Lipinski definition) is 3. The van der Waals surface area contributed by atoms with Crippen LogP contribution in [0.15, 0.2) is 24.3 Å². The van der Waals surface area contributed by atoms with Crippen molar-refractivity contribution in [2.24, 2.45) is 5.73 Å². The maximum atomic E-state index is 5.89. The molecule has 2 atom stereocenters. The Labute approximate surface area is 104 Å². The summed E-state index contributed by atoms with van der Waals surface area (Å²) in [7, 11) is 1.76. The van der Waals surface area contributed by atoms with E-state index in [1.807, 2.05) is 0 Å². The lowest BCUT2D eigenvalue weighted by molar-refractivity contribution is 0.0532. The average molecular weight is 234 g/mol. The molecule has 3 heteroatoms. The first-order valence-corrected chi connectivity index (χ1v) is 6.28. The molecular weight excluding hydrogens is 212 g/mol. The van der Waals surface area contributed by atoms with Gasteiger partial charge in [-0.3, -0.25) is 4.90 Å². The molecule has 0 bridgehead atoms. The van der Waals surface area contributed by atoms with Crippen LogP contribution in [0, 0.1) is 0 Å². The fourth-order valence-electron chi connectivity index (χ4n) is 2.49. The zero-order valence-corrected chi connectivity index (χ0v) is 10.7. The van der Waals surface area contributed by atoms with Gasteiger partial charge in [0, 0.05) is 32.8 Å². The molecule has 0 amide bonds. The van der Waals surface area contributed by atoms with E-state index in [4.69, 9.17) is 10.5 Å². The third kappa shape index (κ3) is 2.86. The predicted octanol–water partition coefficient (Wildman–Crippen LogP) is 1.41. The molecule has 0 radical (unpaired) electrons. The van der Waals surface area contributed by atoms with Gasteiger partial charge in [0.05, 0.1) is 6.10 Å². The Balaban J connectivity index is 2.12. The Morgan fingerprint density at radius 3 is 2.76 bits per heavy atom. The Bertz CT molecular complexity index is 367. The zero-order chi connectivity index (χ0) is 12.3. The molecule has 0 aliphatic carbocycles. The van der Waals surface area contributed by atoms with E-state index in [2.05, 4.69) is 36.1 Å². The summed E-state index contributed by atoms with van der Waals surface area (Å²) in [4.78, 5) is 2.44. The third-order valence-electron chi connectivity index (χ3n) is 3.63. The highest BCUT2D eigenvalue weighted by Gasteiger charge is 2.25. The quantitative estimate of drug-likeness (QED) is 0.856. The minimum Gasteiger partial charge on any atom is -0.380 e. The van der Waals surface area contributed by atoms with Crippen molar-refractivity contribution in [1.82, 2.24) is 4.90 Å². The standard InChI is InChI=1S/C14H22N2O/c1-11(17-2)9-16-10-13-6-4-3-5-12(13)7-14(16)8-15/h3-6,11,14H,7-10,15H2,1-2H3. The van der Waals surface area contributed by atoms with Gasteiger partial charge >= 0.3 is 0 Å². The van der Waals surface area contributed by atoms with Gasteiger partial charge in [-0.05, 0) is 24.5 Å². The molecule has 1 aliphatic heterocycles. The molecule has 2 rings (SSSR count). The van der Waals surface area contributed by atoms with Crippen LogP contribution in [0.25, 0.3) is 0 Å². The number of nitrogens with zero attached hydrogens (tertiary/aromatic N) is 1. The van der Waals surface area contributed by atoms with Gasteiger partial charge in [-0.2, -0.15) is 0 Å². The summed E-state index contributed by atoms with van der Waals surface area (Å²) in [5.74, 6) is 0. The molecule has 1 aromatic carbocycles. The Morgan fingerprint density at radius 1 is 1.41 bits per heavy atom. The topological polar surface area (TPSA) is 38.5 Å². The van der Waals surface area contributed by atoms with Gasteiger partial charge < -0.3 is 10.5 Å². The van der Waals surface area contributed by atoms with E-state index in [9.17, 15) is 0 Å². The van der Waals surface area contributed by atoms with Crippen LogP contribution in [0.2, 0.25) is 0 Å². The number of rotatable bonds is 4. The Hall–Kier alpha value is -0.900. The van der Waals surface area contributed by atoms with Gasteiger partial charge in [-0.25, -0.2) is 0 Å². The smallest absolute Gasteiger partial charge is 0.0670 e. The number of hydrogen-bond donors (Lipinski definition) is 1. The molecular formula is C14H22N2O. The van der Waals surface area contributed by atoms with Gasteiger partial charge in [-0.15, -0.1) is 0 Å². The molecule has 0 spiro atoms. The molecule has 2 unspecified atom stereocenters. The van der Waals surface area contributed by atoms with Crippen molar-refractivity contribution in [2.45, 2.75) is 32.0 Å². The van der Waals surface area contributed by atoms with Crippen LogP contribution in [-0.4, -0.2) is 37.2 Å². The van der Waals surface area contributed by atoms with E-state index in [0.717, 1.165) is 19.5 Å². The number of fused-ring (bicyclic) bond motifs is 1. The van der Waals surface area contributed by atoms with Gasteiger partial charge in [0.25, 0.3) is 0 Å². The van der Waals surface area contributed by atoms with Gasteiger partial charge in [0.1, 0.15) is 0 Å². The maximum absolute atomic E-state index is 5.89. The van der Waals surface area contributed by atoms with Crippen LogP contribution in [-0.2, 0) is 17.7 Å². The number of benzene rings is 1. The molecule has 0 fully saturated rings. The molecule has 94 valence electrons. The highest BCUT2D eigenvalue weighted by molar-refractivity contribution is 5.30. The van der Waals surface area contributed by atoms with Crippen molar-refractivity contribution < 1.29 is 4.74 Å². The van der Waals surface area contributed by atoms with Crippen LogP contribution in [0.4, 0.5) is 0 Å². The minimum absolute atomic E-state index is 0.259. The lowest BCUT2D eigenvalue weighted by Crippen LogP contribution is -2.47. The van der Waals surface area contributed by atoms with E-state index in [-0.39, 0.29) is 6.10 Å². The Morgan fingerprint density at radius 2 is 2.12 bits per heavy atom. The molecule has 3 nitrogen and oxygen atoms in total. The Kier molecular flexibility index (Phi) is 4.15. The maximum Gasteiger partial charge on any atom is 0.0670 e. The second kappa shape index (κ2) is 5.63. The second-order valence-corrected chi connectivity index (χ2v) is 4.84. The summed E-state index contributed by atoms with van der Waals surface area (Å²) in [6.07, 6.45) is 1.32. The molecule has 2 N–H and O–H groups in total. The second-order valence-electron chi connectivity index (χ2n) is 4.84. The summed E-state index contributed by atoms with van der Waals surface area (Å²) in [5, 5.41) is 0. The van der Waals surface area contributed by atoms with E-state index in [0.29, 0.717) is 12.6 Å². The summed E-state index contributed by atoms with van der Waals surface area (Å²) in [6.45, 7) is 4.76. The van der Waals surface area contributed by atoms with Gasteiger partial charge in [0.2, 0.25) is 0 Å².